The predicted octanol–water partition coefficient (Wildman–Crippen LogP) is 1.83. The van der Waals surface area contributed by atoms with E-state index in [1.54, 1.807) is 4.52 Å². The number of carbonyl (C=O) groups is 1. The van der Waals surface area contributed by atoms with Crippen LogP contribution in [-0.2, 0) is 0 Å². The summed E-state index contributed by atoms with van der Waals surface area (Å²) in [4.78, 5) is 20.7. The molecule has 1 unspecified atom stereocenters. The van der Waals surface area contributed by atoms with Crippen molar-refractivity contribution in [2.24, 2.45) is 5.73 Å². The van der Waals surface area contributed by atoms with E-state index in [1.165, 1.54) is 0 Å². The third kappa shape index (κ3) is 5.30. The van der Waals surface area contributed by atoms with Gasteiger partial charge in [-0.05, 0) is 26.3 Å². The first-order chi connectivity index (χ1) is 10.0. The summed E-state index contributed by atoms with van der Waals surface area (Å²) in [5.41, 5.74) is 7.43. The fraction of sp³-hybridized carbons (Fsp3) is 0.571. The van der Waals surface area contributed by atoms with Crippen molar-refractivity contribution in [3.8, 4) is 0 Å². The summed E-state index contributed by atoms with van der Waals surface area (Å²) in [7, 11) is 0. The molecule has 23 heavy (non-hydrogen) atoms. The van der Waals surface area contributed by atoms with Crippen molar-refractivity contribution in [3.05, 3.63) is 23.3 Å². The zero-order valence-corrected chi connectivity index (χ0v) is 15.2. The van der Waals surface area contributed by atoms with Crippen LogP contribution in [0.4, 0.5) is 0 Å². The van der Waals surface area contributed by atoms with Crippen molar-refractivity contribution in [3.63, 3.8) is 0 Å². The number of aryl methyl sites for hydroxylation is 2. The van der Waals surface area contributed by atoms with Gasteiger partial charge in [0.1, 0.15) is 0 Å². The lowest BCUT2D eigenvalue weighted by Crippen LogP contribution is -2.40. The topological polar surface area (TPSA) is 98.2 Å². The third-order valence-corrected chi connectivity index (χ3v) is 3.35. The van der Waals surface area contributed by atoms with Gasteiger partial charge in [-0.15, -0.1) is 29.9 Å². The van der Waals surface area contributed by atoms with Gasteiger partial charge in [0.2, 0.25) is 5.82 Å². The molecule has 2 rings (SSSR count). The Morgan fingerprint density at radius 1 is 1.35 bits per heavy atom. The van der Waals surface area contributed by atoms with Crippen molar-refractivity contribution in [1.82, 2.24) is 24.9 Å². The van der Waals surface area contributed by atoms with Crippen LogP contribution in [0.3, 0.4) is 0 Å². The summed E-state index contributed by atoms with van der Waals surface area (Å²) in [6.45, 7) is 6.31. The lowest BCUT2D eigenvalue weighted by atomic mass is 10.1. The number of rotatable bonds is 6. The number of fused-ring (bicyclic) bond motifs is 1. The van der Waals surface area contributed by atoms with E-state index < -0.39 is 0 Å². The number of nitrogens with one attached hydrogen (secondary N) is 1. The summed E-state index contributed by atoms with van der Waals surface area (Å²) in [5.74, 6) is 0.269. The van der Waals surface area contributed by atoms with Crippen LogP contribution in [-0.4, -0.2) is 38.1 Å². The minimum absolute atomic E-state index is 0. The van der Waals surface area contributed by atoms with Crippen LogP contribution in [0.5, 0.6) is 0 Å². The molecule has 0 aliphatic rings. The van der Waals surface area contributed by atoms with Gasteiger partial charge in [0, 0.05) is 24.0 Å². The van der Waals surface area contributed by atoms with Crippen LogP contribution in [0.15, 0.2) is 6.07 Å². The Labute approximate surface area is 148 Å². The van der Waals surface area contributed by atoms with Crippen molar-refractivity contribution < 1.29 is 4.79 Å². The van der Waals surface area contributed by atoms with Gasteiger partial charge in [0.05, 0.1) is 0 Å². The van der Waals surface area contributed by atoms with Crippen LogP contribution in [0.25, 0.3) is 5.78 Å². The first-order valence-electron chi connectivity index (χ1n) is 7.27. The Bertz CT molecular complexity index is 645. The highest BCUT2D eigenvalue weighted by molar-refractivity contribution is 5.91. The van der Waals surface area contributed by atoms with Gasteiger partial charge < -0.3 is 11.1 Å². The molecule has 7 nitrogen and oxygen atoms in total. The molecule has 0 aromatic carbocycles. The highest BCUT2D eigenvalue weighted by atomic mass is 35.5. The monoisotopic (exact) mass is 362 g/mol. The molecule has 1 amide bonds. The Morgan fingerprint density at radius 3 is 2.65 bits per heavy atom. The molecule has 9 heteroatoms. The third-order valence-electron chi connectivity index (χ3n) is 3.35. The molecular formula is C14H24Cl2N6O. The zero-order chi connectivity index (χ0) is 15.4. The van der Waals surface area contributed by atoms with E-state index >= 15 is 0 Å². The number of halogens is 2. The van der Waals surface area contributed by atoms with E-state index in [1.807, 2.05) is 19.9 Å². The van der Waals surface area contributed by atoms with Gasteiger partial charge in [0.25, 0.3) is 11.7 Å². The van der Waals surface area contributed by atoms with E-state index in [9.17, 15) is 4.79 Å². The smallest absolute Gasteiger partial charge is 0.291 e. The van der Waals surface area contributed by atoms with Crippen LogP contribution in [0, 0.1) is 13.8 Å². The molecule has 0 spiro atoms. The lowest BCUT2D eigenvalue weighted by molar-refractivity contribution is 0.0925. The van der Waals surface area contributed by atoms with Crippen LogP contribution >= 0.6 is 24.8 Å². The molecule has 0 aliphatic heterocycles. The van der Waals surface area contributed by atoms with Crippen LogP contribution in [0.2, 0.25) is 0 Å². The molecule has 1 atom stereocenters. The summed E-state index contributed by atoms with van der Waals surface area (Å²) < 4.78 is 1.57. The quantitative estimate of drug-likeness (QED) is 0.816. The average molecular weight is 363 g/mol. The molecule has 0 fully saturated rings. The molecule has 130 valence electrons. The molecule has 3 N–H and O–H groups in total. The highest BCUT2D eigenvalue weighted by Crippen LogP contribution is 2.06. The Kier molecular flexibility index (Phi) is 9.04. The van der Waals surface area contributed by atoms with Gasteiger partial charge in [-0.2, -0.15) is 4.98 Å². The second kappa shape index (κ2) is 9.64. The van der Waals surface area contributed by atoms with Crippen LogP contribution in [0.1, 0.15) is 48.2 Å². The van der Waals surface area contributed by atoms with E-state index in [-0.39, 0.29) is 42.6 Å². The molecule has 0 aliphatic carbocycles. The lowest BCUT2D eigenvalue weighted by Gasteiger charge is -2.14. The molecule has 2 heterocycles. The highest BCUT2D eigenvalue weighted by Gasteiger charge is 2.17. The number of aromatic nitrogens is 4. The number of amides is 1. The van der Waals surface area contributed by atoms with Crippen molar-refractivity contribution in [2.75, 3.05) is 6.54 Å². The summed E-state index contributed by atoms with van der Waals surface area (Å²) in [6, 6.07) is 1.85. The number of nitrogens with zero attached hydrogens (tertiary/aromatic N) is 4. The molecule has 2 aromatic rings. The van der Waals surface area contributed by atoms with E-state index in [2.05, 4.69) is 27.3 Å². The minimum Gasteiger partial charge on any atom is -0.345 e. The number of nitrogens with two attached hydrogens (primary N) is 1. The standard InChI is InChI=1S/C14H22N6O.2ClH/c1-4-5-6-11(8-15)17-13(21)12-18-14-16-9(2)7-10(3)20(14)19-12;;/h7,11H,4-6,8,15H2,1-3H3,(H,17,21);2*1H. The number of carbonyl (C=O) groups excluding carboxylic acids is 1. The molecule has 0 bridgehead atoms. The molecule has 0 radical (unpaired) electrons. The Hall–Kier alpha value is -1.44. The maximum Gasteiger partial charge on any atom is 0.291 e. The second-order valence-electron chi connectivity index (χ2n) is 5.23. The van der Waals surface area contributed by atoms with Crippen LogP contribution < -0.4 is 11.1 Å². The van der Waals surface area contributed by atoms with Crippen molar-refractivity contribution >= 4 is 36.5 Å². The van der Waals surface area contributed by atoms with Gasteiger partial charge in [-0.25, -0.2) is 9.50 Å². The molecule has 2 aromatic heterocycles. The fourth-order valence-corrected chi connectivity index (χ4v) is 2.21. The van der Waals surface area contributed by atoms with Gasteiger partial charge in [0.15, 0.2) is 0 Å². The second-order valence-corrected chi connectivity index (χ2v) is 5.23. The van der Waals surface area contributed by atoms with E-state index in [0.29, 0.717) is 12.3 Å². The number of unbranched alkanes of at least 4 members (excludes halogenated alkanes) is 1. The largest absolute Gasteiger partial charge is 0.345 e. The molecular weight excluding hydrogens is 339 g/mol. The number of hydrogen-bond acceptors (Lipinski definition) is 5. The van der Waals surface area contributed by atoms with Gasteiger partial charge in [-0.3, -0.25) is 4.79 Å². The van der Waals surface area contributed by atoms with E-state index in [0.717, 1.165) is 30.7 Å². The predicted molar refractivity (Wildman–Crippen MR) is 94.6 cm³/mol. The first kappa shape index (κ1) is 21.6. The SMILES string of the molecule is CCCCC(CN)NC(=O)c1nc2nc(C)cc(C)n2n1.Cl.Cl. The summed E-state index contributed by atoms with van der Waals surface area (Å²) in [5, 5.41) is 7.09. The van der Waals surface area contributed by atoms with Crippen molar-refractivity contribution in [1.29, 1.82) is 0 Å². The fourth-order valence-electron chi connectivity index (χ4n) is 2.21. The van der Waals surface area contributed by atoms with Gasteiger partial charge in [-0.1, -0.05) is 19.8 Å². The normalized spacial score (nSPS) is 11.5. The maximum atomic E-state index is 12.2. The zero-order valence-electron chi connectivity index (χ0n) is 13.6. The number of hydrogen-bond donors (Lipinski definition) is 2. The first-order valence-corrected chi connectivity index (χ1v) is 7.27. The van der Waals surface area contributed by atoms with E-state index in [4.69, 9.17) is 5.73 Å². The Balaban J connectivity index is 0.00000242. The molecule has 0 saturated carbocycles. The van der Waals surface area contributed by atoms with Crippen molar-refractivity contribution in [2.45, 2.75) is 46.1 Å². The average Bonchev–Trinajstić information content (AvgIpc) is 2.87. The van der Waals surface area contributed by atoms with Gasteiger partial charge >= 0.3 is 0 Å². The minimum atomic E-state index is -0.302. The maximum absolute atomic E-state index is 12.2. The Morgan fingerprint density at radius 2 is 2.04 bits per heavy atom. The molecule has 0 saturated heterocycles. The summed E-state index contributed by atoms with van der Waals surface area (Å²) in [6.07, 6.45) is 2.96. The summed E-state index contributed by atoms with van der Waals surface area (Å²) >= 11 is 0.